The van der Waals surface area contributed by atoms with Gasteiger partial charge in [-0.2, -0.15) is 0 Å². The quantitative estimate of drug-likeness (QED) is 0.858. The van der Waals surface area contributed by atoms with Gasteiger partial charge < -0.3 is 10.1 Å². The van der Waals surface area contributed by atoms with Crippen molar-refractivity contribution in [1.82, 2.24) is 4.98 Å². The van der Waals surface area contributed by atoms with E-state index in [-0.39, 0.29) is 22.2 Å². The predicted molar refractivity (Wildman–Crippen MR) is 75.1 cm³/mol. The van der Waals surface area contributed by atoms with E-state index < -0.39 is 18.9 Å². The number of nitrogens with zero attached hydrogens (tertiary/aromatic N) is 1. The van der Waals surface area contributed by atoms with E-state index in [0.717, 1.165) is 0 Å². The highest BCUT2D eigenvalue weighted by molar-refractivity contribution is 6.33. The summed E-state index contributed by atoms with van der Waals surface area (Å²) in [5, 5.41) is 2.61. The molecule has 0 saturated heterocycles. The first-order valence-corrected chi connectivity index (χ1v) is 6.37. The monoisotopic (exact) mass is 312 g/mol. The number of hydrogen-bond donors (Lipinski definition) is 1. The minimum Gasteiger partial charge on any atom is -0.485 e. The number of para-hydroxylation sites is 2. The average Bonchev–Trinajstić information content (AvgIpc) is 2.46. The Labute approximate surface area is 124 Å². The van der Waals surface area contributed by atoms with E-state index in [1.54, 1.807) is 24.3 Å². The number of aromatic nitrogens is 1. The Bertz CT molecular complexity index is 638. The number of nitrogens with one attached hydrogen (secondary N) is 1. The first-order chi connectivity index (χ1) is 10.1. The molecule has 4 nitrogen and oxygen atoms in total. The van der Waals surface area contributed by atoms with Crippen LogP contribution in [0.2, 0.25) is 5.15 Å². The van der Waals surface area contributed by atoms with Crippen LogP contribution in [0.15, 0.2) is 42.6 Å². The maximum atomic E-state index is 12.2. The number of alkyl halides is 2. The first-order valence-electron chi connectivity index (χ1n) is 6.00. The molecular weight excluding hydrogens is 302 g/mol. The molecule has 1 aromatic heterocycles. The molecule has 7 heteroatoms. The van der Waals surface area contributed by atoms with Crippen LogP contribution in [-0.4, -0.2) is 23.9 Å². The van der Waals surface area contributed by atoms with Gasteiger partial charge in [-0.05, 0) is 24.3 Å². The summed E-state index contributed by atoms with van der Waals surface area (Å²) in [5.41, 5.74) is 0.464. The molecule has 0 atom stereocenters. The van der Waals surface area contributed by atoms with Gasteiger partial charge in [0.05, 0.1) is 11.3 Å². The molecule has 0 saturated carbocycles. The third kappa shape index (κ3) is 4.13. The van der Waals surface area contributed by atoms with Crippen molar-refractivity contribution in [1.29, 1.82) is 0 Å². The fourth-order valence-corrected chi connectivity index (χ4v) is 1.80. The molecule has 0 spiro atoms. The predicted octanol–water partition coefficient (Wildman–Crippen LogP) is 3.63. The summed E-state index contributed by atoms with van der Waals surface area (Å²) in [5.74, 6) is -0.340. The van der Waals surface area contributed by atoms with Crippen LogP contribution in [-0.2, 0) is 0 Å². The maximum absolute atomic E-state index is 12.2. The Hall–Kier alpha value is -2.21. The van der Waals surface area contributed by atoms with Crippen molar-refractivity contribution in [2.75, 3.05) is 11.9 Å². The lowest BCUT2D eigenvalue weighted by Gasteiger charge is -2.12. The number of anilines is 1. The summed E-state index contributed by atoms with van der Waals surface area (Å²) in [4.78, 5) is 15.9. The van der Waals surface area contributed by atoms with Crippen LogP contribution in [0.25, 0.3) is 0 Å². The summed E-state index contributed by atoms with van der Waals surface area (Å²) >= 11 is 5.83. The Kier molecular flexibility index (Phi) is 5.05. The minimum atomic E-state index is -2.60. The first kappa shape index (κ1) is 15.2. The van der Waals surface area contributed by atoms with Crippen LogP contribution < -0.4 is 10.1 Å². The van der Waals surface area contributed by atoms with Gasteiger partial charge in [0.15, 0.2) is 0 Å². The lowest BCUT2D eigenvalue weighted by atomic mass is 10.2. The number of carbonyl (C=O) groups excluding carboxylic acids is 1. The summed E-state index contributed by atoms with van der Waals surface area (Å²) < 4.78 is 29.3. The molecule has 0 aliphatic heterocycles. The van der Waals surface area contributed by atoms with Crippen LogP contribution in [0.3, 0.4) is 0 Å². The van der Waals surface area contributed by atoms with Gasteiger partial charge in [-0.1, -0.05) is 23.7 Å². The second-order valence-electron chi connectivity index (χ2n) is 3.99. The van der Waals surface area contributed by atoms with E-state index in [9.17, 15) is 13.6 Å². The summed E-state index contributed by atoms with van der Waals surface area (Å²) in [6.07, 6.45) is -1.14. The molecule has 1 heterocycles. The Morgan fingerprint density at radius 3 is 2.76 bits per heavy atom. The van der Waals surface area contributed by atoms with Gasteiger partial charge in [-0.15, -0.1) is 0 Å². The molecule has 0 bridgehead atoms. The normalized spacial score (nSPS) is 10.5. The highest BCUT2D eigenvalue weighted by atomic mass is 35.5. The van der Waals surface area contributed by atoms with Crippen LogP contribution in [0, 0.1) is 0 Å². The van der Waals surface area contributed by atoms with E-state index in [2.05, 4.69) is 10.3 Å². The van der Waals surface area contributed by atoms with Crippen LogP contribution in [0.1, 0.15) is 10.4 Å². The van der Waals surface area contributed by atoms with Crippen LogP contribution in [0.5, 0.6) is 5.75 Å². The second kappa shape index (κ2) is 6.99. The minimum absolute atomic E-state index is 0.0565. The molecule has 0 unspecified atom stereocenters. The third-order valence-electron chi connectivity index (χ3n) is 2.50. The number of pyridine rings is 1. The number of halogens is 3. The van der Waals surface area contributed by atoms with E-state index in [1.807, 2.05) is 0 Å². The molecule has 0 radical (unpaired) electrons. The fraction of sp³-hybridized carbons (Fsp3) is 0.143. The van der Waals surface area contributed by atoms with Crippen molar-refractivity contribution in [2.45, 2.75) is 6.43 Å². The molecular formula is C14H11ClF2N2O2. The molecule has 2 aromatic rings. The molecule has 1 N–H and O–H groups in total. The zero-order valence-corrected chi connectivity index (χ0v) is 11.5. The molecule has 0 fully saturated rings. The van der Waals surface area contributed by atoms with Crippen molar-refractivity contribution in [3.05, 3.63) is 53.3 Å². The van der Waals surface area contributed by atoms with Gasteiger partial charge in [-0.3, -0.25) is 4.79 Å². The fourth-order valence-electron chi connectivity index (χ4n) is 1.59. The van der Waals surface area contributed by atoms with Gasteiger partial charge in [0.2, 0.25) is 0 Å². The third-order valence-corrected chi connectivity index (χ3v) is 2.80. The van der Waals surface area contributed by atoms with E-state index in [1.165, 1.54) is 18.3 Å². The van der Waals surface area contributed by atoms with E-state index in [0.29, 0.717) is 0 Å². The molecule has 0 aliphatic rings. The topological polar surface area (TPSA) is 51.2 Å². The van der Waals surface area contributed by atoms with Crippen molar-refractivity contribution in [3.8, 4) is 5.75 Å². The average molecular weight is 313 g/mol. The van der Waals surface area contributed by atoms with Crippen molar-refractivity contribution >= 4 is 23.2 Å². The van der Waals surface area contributed by atoms with Crippen LogP contribution in [0.4, 0.5) is 14.5 Å². The van der Waals surface area contributed by atoms with Gasteiger partial charge in [0, 0.05) is 6.20 Å². The zero-order valence-electron chi connectivity index (χ0n) is 10.7. The highest BCUT2D eigenvalue weighted by Gasteiger charge is 2.14. The molecule has 2 rings (SSSR count). The van der Waals surface area contributed by atoms with Crippen LogP contribution >= 0.6 is 11.6 Å². The molecule has 110 valence electrons. The van der Waals surface area contributed by atoms with E-state index in [4.69, 9.17) is 16.3 Å². The standard InChI is InChI=1S/C14H11ClF2N2O2/c15-13-9(4-3-7-18-13)14(20)19-10-5-1-2-6-11(10)21-8-12(16)17/h1-7,12H,8H2,(H,19,20). The lowest BCUT2D eigenvalue weighted by molar-refractivity contribution is 0.0822. The van der Waals surface area contributed by atoms with E-state index >= 15 is 0 Å². The molecule has 1 amide bonds. The van der Waals surface area contributed by atoms with Gasteiger partial charge in [0.1, 0.15) is 17.5 Å². The smallest absolute Gasteiger partial charge is 0.272 e. The molecule has 1 aromatic carbocycles. The lowest BCUT2D eigenvalue weighted by Crippen LogP contribution is -2.15. The number of ether oxygens (including phenoxy) is 1. The SMILES string of the molecule is O=C(Nc1ccccc1OCC(F)F)c1cccnc1Cl. The largest absolute Gasteiger partial charge is 0.485 e. The molecule has 21 heavy (non-hydrogen) atoms. The van der Waals surface area contributed by atoms with Gasteiger partial charge >= 0.3 is 0 Å². The molecule has 0 aliphatic carbocycles. The number of amides is 1. The summed E-state index contributed by atoms with van der Waals surface area (Å²) in [6, 6.07) is 9.38. The van der Waals surface area contributed by atoms with Crippen molar-refractivity contribution < 1.29 is 18.3 Å². The zero-order chi connectivity index (χ0) is 15.2. The maximum Gasteiger partial charge on any atom is 0.272 e. The Balaban J connectivity index is 2.16. The second-order valence-corrected chi connectivity index (χ2v) is 4.35. The number of hydrogen-bond acceptors (Lipinski definition) is 3. The Morgan fingerprint density at radius 1 is 1.29 bits per heavy atom. The summed E-state index contributed by atoms with van der Waals surface area (Å²) in [6.45, 7) is -0.749. The van der Waals surface area contributed by atoms with Gasteiger partial charge in [-0.25, -0.2) is 13.8 Å². The summed E-state index contributed by atoms with van der Waals surface area (Å²) in [7, 11) is 0. The van der Waals surface area contributed by atoms with Gasteiger partial charge in [0.25, 0.3) is 12.3 Å². The number of rotatable bonds is 5. The number of benzene rings is 1. The Morgan fingerprint density at radius 2 is 2.05 bits per heavy atom. The highest BCUT2D eigenvalue weighted by Crippen LogP contribution is 2.25. The van der Waals surface area contributed by atoms with Crippen molar-refractivity contribution in [2.24, 2.45) is 0 Å². The van der Waals surface area contributed by atoms with Crippen molar-refractivity contribution in [3.63, 3.8) is 0 Å². The number of carbonyl (C=O) groups is 1.